The minimum Gasteiger partial charge on any atom is -0.489 e. The molecule has 0 N–H and O–H groups in total. The number of ether oxygens (including phenoxy) is 1. The van der Waals surface area contributed by atoms with Crippen molar-refractivity contribution >= 4 is 21.6 Å². The van der Waals surface area contributed by atoms with Crippen molar-refractivity contribution in [1.29, 1.82) is 0 Å². The van der Waals surface area contributed by atoms with Crippen LogP contribution < -0.4 is 4.74 Å². The van der Waals surface area contributed by atoms with Crippen LogP contribution in [0.3, 0.4) is 0 Å². The molecule has 0 spiro atoms. The van der Waals surface area contributed by atoms with Gasteiger partial charge in [0, 0.05) is 16.1 Å². The van der Waals surface area contributed by atoms with Crippen LogP contribution in [0, 0.1) is 17.0 Å². The SMILES string of the molecule is Cc1c(COc2cccc(Br)c2)cccc1[N+](=O)[O-]. The van der Waals surface area contributed by atoms with E-state index in [-0.39, 0.29) is 10.6 Å². The Kier molecular flexibility index (Phi) is 4.16. The Bertz CT molecular complexity index is 613. The van der Waals surface area contributed by atoms with Crippen molar-refractivity contribution in [2.75, 3.05) is 0 Å². The molecule has 0 saturated carbocycles. The maximum Gasteiger partial charge on any atom is 0.272 e. The minimum absolute atomic E-state index is 0.121. The molecule has 5 heteroatoms. The summed E-state index contributed by atoms with van der Waals surface area (Å²) in [5.41, 5.74) is 1.58. The highest BCUT2D eigenvalue weighted by molar-refractivity contribution is 9.10. The Labute approximate surface area is 119 Å². The predicted octanol–water partition coefficient (Wildman–Crippen LogP) is 4.24. The van der Waals surface area contributed by atoms with Crippen molar-refractivity contribution in [2.45, 2.75) is 13.5 Å². The summed E-state index contributed by atoms with van der Waals surface area (Å²) in [6.07, 6.45) is 0. The molecule has 19 heavy (non-hydrogen) atoms. The molecule has 0 unspecified atom stereocenters. The first kappa shape index (κ1) is 13.5. The second kappa shape index (κ2) is 5.84. The molecule has 2 rings (SSSR count). The van der Waals surface area contributed by atoms with Crippen LogP contribution in [0.25, 0.3) is 0 Å². The van der Waals surface area contributed by atoms with Crippen LogP contribution in [0.1, 0.15) is 11.1 Å². The lowest BCUT2D eigenvalue weighted by atomic mass is 10.1. The number of nitrogens with zero attached hydrogens (tertiary/aromatic N) is 1. The van der Waals surface area contributed by atoms with Gasteiger partial charge in [-0.1, -0.05) is 34.1 Å². The standard InChI is InChI=1S/C14H12BrNO3/c1-10-11(4-2-7-14(10)16(17)18)9-19-13-6-3-5-12(15)8-13/h2-8H,9H2,1H3. The third kappa shape index (κ3) is 3.32. The van der Waals surface area contributed by atoms with Crippen molar-refractivity contribution in [3.63, 3.8) is 0 Å². The fourth-order valence-corrected chi connectivity index (χ4v) is 2.12. The van der Waals surface area contributed by atoms with E-state index in [1.54, 1.807) is 13.0 Å². The molecule has 0 aliphatic carbocycles. The van der Waals surface area contributed by atoms with Crippen molar-refractivity contribution < 1.29 is 9.66 Å². The molecular formula is C14H12BrNO3. The van der Waals surface area contributed by atoms with Crippen LogP contribution in [0.15, 0.2) is 46.9 Å². The second-order valence-corrected chi connectivity index (χ2v) is 4.98. The third-order valence-corrected chi connectivity index (χ3v) is 3.30. The first-order valence-electron chi connectivity index (χ1n) is 5.69. The molecule has 0 fully saturated rings. The Morgan fingerprint density at radius 1 is 1.26 bits per heavy atom. The average Bonchev–Trinajstić information content (AvgIpc) is 2.37. The van der Waals surface area contributed by atoms with Crippen molar-refractivity contribution in [2.24, 2.45) is 0 Å². The van der Waals surface area contributed by atoms with Crippen molar-refractivity contribution in [3.8, 4) is 5.75 Å². The monoisotopic (exact) mass is 321 g/mol. The Hall–Kier alpha value is -1.88. The molecule has 0 aliphatic heterocycles. The van der Waals surface area contributed by atoms with Crippen LogP contribution >= 0.6 is 15.9 Å². The zero-order valence-electron chi connectivity index (χ0n) is 10.3. The number of nitro groups is 1. The van der Waals surface area contributed by atoms with Gasteiger partial charge >= 0.3 is 0 Å². The Morgan fingerprint density at radius 2 is 2.00 bits per heavy atom. The summed E-state index contributed by atoms with van der Waals surface area (Å²) in [5, 5.41) is 10.9. The van der Waals surface area contributed by atoms with Gasteiger partial charge in [-0.05, 0) is 30.7 Å². The highest BCUT2D eigenvalue weighted by Crippen LogP contribution is 2.23. The number of halogens is 1. The van der Waals surface area contributed by atoms with Crippen molar-refractivity contribution in [3.05, 3.63) is 68.2 Å². The highest BCUT2D eigenvalue weighted by atomic mass is 79.9. The Morgan fingerprint density at radius 3 is 2.68 bits per heavy atom. The zero-order chi connectivity index (χ0) is 13.8. The summed E-state index contributed by atoms with van der Waals surface area (Å²) in [6, 6.07) is 12.5. The largest absolute Gasteiger partial charge is 0.489 e. The lowest BCUT2D eigenvalue weighted by molar-refractivity contribution is -0.385. The topological polar surface area (TPSA) is 52.4 Å². The van der Waals surface area contributed by atoms with E-state index >= 15 is 0 Å². The maximum absolute atomic E-state index is 10.9. The summed E-state index contributed by atoms with van der Waals surface area (Å²) >= 11 is 3.36. The number of nitro benzene ring substituents is 1. The van der Waals surface area contributed by atoms with Crippen LogP contribution in [-0.2, 0) is 6.61 Å². The van der Waals surface area contributed by atoms with Gasteiger partial charge in [-0.2, -0.15) is 0 Å². The molecule has 0 radical (unpaired) electrons. The second-order valence-electron chi connectivity index (χ2n) is 4.06. The molecule has 0 aliphatic rings. The number of benzene rings is 2. The molecule has 2 aromatic carbocycles. The smallest absolute Gasteiger partial charge is 0.272 e. The molecular weight excluding hydrogens is 310 g/mol. The highest BCUT2D eigenvalue weighted by Gasteiger charge is 2.13. The minimum atomic E-state index is -0.377. The maximum atomic E-state index is 10.9. The number of hydrogen-bond acceptors (Lipinski definition) is 3. The predicted molar refractivity (Wildman–Crippen MR) is 76.3 cm³/mol. The fraction of sp³-hybridized carbons (Fsp3) is 0.143. The van der Waals surface area contributed by atoms with Gasteiger partial charge in [0.25, 0.3) is 5.69 Å². The molecule has 0 aromatic heterocycles. The van der Waals surface area contributed by atoms with E-state index < -0.39 is 0 Å². The fourth-order valence-electron chi connectivity index (χ4n) is 1.74. The summed E-state index contributed by atoms with van der Waals surface area (Å²) in [7, 11) is 0. The Balaban J connectivity index is 2.16. The molecule has 98 valence electrons. The van der Waals surface area contributed by atoms with Crippen LogP contribution in [0.2, 0.25) is 0 Å². The molecule has 2 aromatic rings. The van der Waals surface area contributed by atoms with Gasteiger partial charge in [-0.3, -0.25) is 10.1 Å². The van der Waals surface area contributed by atoms with E-state index in [9.17, 15) is 10.1 Å². The third-order valence-electron chi connectivity index (χ3n) is 2.80. The van der Waals surface area contributed by atoms with E-state index in [0.717, 1.165) is 15.8 Å². The summed E-state index contributed by atoms with van der Waals surface area (Å²) in [6.45, 7) is 2.04. The van der Waals surface area contributed by atoms with Crippen LogP contribution in [0.4, 0.5) is 5.69 Å². The molecule has 0 amide bonds. The van der Waals surface area contributed by atoms with Gasteiger partial charge in [0.05, 0.1) is 4.92 Å². The first-order valence-corrected chi connectivity index (χ1v) is 6.48. The molecule has 0 saturated heterocycles. The number of rotatable bonds is 4. The van der Waals surface area contributed by atoms with Gasteiger partial charge in [-0.15, -0.1) is 0 Å². The van der Waals surface area contributed by atoms with Gasteiger partial charge in [-0.25, -0.2) is 0 Å². The van der Waals surface area contributed by atoms with Gasteiger partial charge in [0.2, 0.25) is 0 Å². The first-order chi connectivity index (χ1) is 9.08. The van der Waals surface area contributed by atoms with E-state index in [1.165, 1.54) is 6.07 Å². The van der Waals surface area contributed by atoms with E-state index in [4.69, 9.17) is 4.74 Å². The van der Waals surface area contributed by atoms with Crippen LogP contribution in [-0.4, -0.2) is 4.92 Å². The zero-order valence-corrected chi connectivity index (χ0v) is 11.9. The van der Waals surface area contributed by atoms with Crippen LogP contribution in [0.5, 0.6) is 5.75 Å². The number of hydrogen-bond donors (Lipinski definition) is 0. The van der Waals surface area contributed by atoms with Gasteiger partial charge in [0.15, 0.2) is 0 Å². The van der Waals surface area contributed by atoms with E-state index in [2.05, 4.69) is 15.9 Å². The normalized spacial score (nSPS) is 10.2. The molecule has 0 atom stereocenters. The van der Waals surface area contributed by atoms with E-state index in [1.807, 2.05) is 30.3 Å². The lowest BCUT2D eigenvalue weighted by Gasteiger charge is -2.09. The average molecular weight is 322 g/mol. The van der Waals surface area contributed by atoms with Gasteiger partial charge in [0.1, 0.15) is 12.4 Å². The van der Waals surface area contributed by atoms with E-state index in [0.29, 0.717) is 12.2 Å². The summed E-state index contributed by atoms with van der Waals surface area (Å²) in [4.78, 5) is 10.5. The van der Waals surface area contributed by atoms with Gasteiger partial charge < -0.3 is 4.74 Å². The van der Waals surface area contributed by atoms with Crippen molar-refractivity contribution in [1.82, 2.24) is 0 Å². The molecule has 4 nitrogen and oxygen atoms in total. The lowest BCUT2D eigenvalue weighted by Crippen LogP contribution is -2.00. The summed E-state index contributed by atoms with van der Waals surface area (Å²) in [5.74, 6) is 0.722. The molecule has 0 heterocycles. The molecule has 0 bridgehead atoms. The summed E-state index contributed by atoms with van der Waals surface area (Å²) < 4.78 is 6.57. The quantitative estimate of drug-likeness (QED) is 0.625.